The molecule has 1 heterocycles. The molecule has 0 amide bonds. The Hall–Kier alpha value is -1.83. The number of H-pyrrole nitrogens is 1. The minimum absolute atomic E-state index is 0.239. The van der Waals surface area contributed by atoms with Gasteiger partial charge in [0.05, 0.1) is 0 Å². The highest BCUT2D eigenvalue weighted by atomic mass is 16.1. The number of benzene rings is 1. The predicted octanol–water partition coefficient (Wildman–Crippen LogP) is 3.55. The molecule has 0 aliphatic rings. The first-order valence-corrected chi connectivity index (χ1v) is 5.49. The van der Waals surface area contributed by atoms with Crippen molar-refractivity contribution in [2.45, 2.75) is 19.8 Å². The highest BCUT2D eigenvalue weighted by Gasteiger charge is 1.98. The van der Waals surface area contributed by atoms with E-state index in [2.05, 4.69) is 29.3 Å². The Bertz CT molecular complexity index is 522. The number of aromatic nitrogens is 1. The number of rotatable bonds is 4. The molecule has 2 heteroatoms. The van der Waals surface area contributed by atoms with Gasteiger partial charge in [0.1, 0.15) is 5.78 Å². The number of hydrogen-bond acceptors (Lipinski definition) is 1. The second-order valence-electron chi connectivity index (χ2n) is 3.93. The molecule has 2 rings (SSSR count). The third-order valence-corrected chi connectivity index (χ3v) is 2.58. The Balaban J connectivity index is 2.12. The Morgan fingerprint density at radius 2 is 2.19 bits per heavy atom. The lowest BCUT2D eigenvalue weighted by molar-refractivity contribution is -0.116. The lowest BCUT2D eigenvalue weighted by Gasteiger charge is -1.91. The van der Waals surface area contributed by atoms with Crippen molar-refractivity contribution in [1.82, 2.24) is 4.98 Å². The quantitative estimate of drug-likeness (QED) is 0.827. The van der Waals surface area contributed by atoms with Crippen molar-refractivity contribution < 1.29 is 4.79 Å². The van der Waals surface area contributed by atoms with Crippen molar-refractivity contribution in [3.05, 3.63) is 42.1 Å². The molecule has 0 fully saturated rings. The third kappa shape index (κ3) is 2.40. The monoisotopic (exact) mass is 213 g/mol. The van der Waals surface area contributed by atoms with Crippen LogP contribution in [0.15, 0.2) is 36.5 Å². The molecule has 0 aliphatic heterocycles. The summed E-state index contributed by atoms with van der Waals surface area (Å²) >= 11 is 0. The highest BCUT2D eigenvalue weighted by molar-refractivity contribution is 5.88. The molecule has 0 spiro atoms. The minimum atomic E-state index is 0.239. The molecule has 0 bridgehead atoms. The number of hydrogen-bond donors (Lipinski definition) is 1. The summed E-state index contributed by atoms with van der Waals surface area (Å²) in [6, 6.07) is 8.20. The number of aromatic amines is 1. The average Bonchev–Trinajstić information content (AvgIpc) is 2.68. The normalized spacial score (nSPS) is 11.3. The first-order chi connectivity index (χ1) is 7.77. The van der Waals surface area contributed by atoms with Gasteiger partial charge in [-0.25, -0.2) is 0 Å². The van der Waals surface area contributed by atoms with Crippen molar-refractivity contribution in [1.29, 1.82) is 0 Å². The van der Waals surface area contributed by atoms with E-state index in [4.69, 9.17) is 0 Å². The molecule has 2 nitrogen and oxygen atoms in total. The fraction of sp³-hybridized carbons (Fsp3) is 0.214. The van der Waals surface area contributed by atoms with Crippen LogP contribution in [0.5, 0.6) is 0 Å². The first-order valence-electron chi connectivity index (χ1n) is 5.49. The number of Topliss-reactive ketones (excluding diaryl/α,β-unsaturated/α-hetero) is 1. The molecule has 2 aromatic rings. The van der Waals surface area contributed by atoms with Crippen LogP contribution in [-0.4, -0.2) is 10.8 Å². The molecule has 0 radical (unpaired) electrons. The van der Waals surface area contributed by atoms with Crippen LogP contribution in [0.3, 0.4) is 0 Å². The molecule has 0 atom stereocenters. The van der Waals surface area contributed by atoms with E-state index in [-0.39, 0.29) is 5.78 Å². The van der Waals surface area contributed by atoms with E-state index in [0.717, 1.165) is 11.9 Å². The van der Waals surface area contributed by atoms with E-state index in [0.29, 0.717) is 6.42 Å². The lowest BCUT2D eigenvalue weighted by atomic mass is 10.1. The summed E-state index contributed by atoms with van der Waals surface area (Å²) in [5.41, 5.74) is 2.33. The maximum Gasteiger partial charge on any atom is 0.130 e. The van der Waals surface area contributed by atoms with Crippen molar-refractivity contribution >= 4 is 22.8 Å². The summed E-state index contributed by atoms with van der Waals surface area (Å²) in [7, 11) is 0. The lowest BCUT2D eigenvalue weighted by Crippen LogP contribution is -1.86. The van der Waals surface area contributed by atoms with Gasteiger partial charge in [-0.2, -0.15) is 0 Å². The smallest absolute Gasteiger partial charge is 0.130 e. The standard InChI is InChI=1S/C14H15NO/c1-11(16)6-2-3-7-12-10-15-14-9-5-4-8-13(12)14/h3-5,7-10,15H,2,6H2,1H3/b7-3+. The largest absolute Gasteiger partial charge is 0.361 e. The molecule has 0 saturated carbocycles. The van der Waals surface area contributed by atoms with Crippen LogP contribution in [0.25, 0.3) is 17.0 Å². The third-order valence-electron chi connectivity index (χ3n) is 2.58. The second kappa shape index (κ2) is 4.79. The van der Waals surface area contributed by atoms with Crippen LogP contribution >= 0.6 is 0 Å². The van der Waals surface area contributed by atoms with Gasteiger partial charge in [-0.15, -0.1) is 0 Å². The van der Waals surface area contributed by atoms with Gasteiger partial charge in [0, 0.05) is 23.5 Å². The summed E-state index contributed by atoms with van der Waals surface area (Å²) in [4.78, 5) is 14.0. The molecule has 0 saturated heterocycles. The molecule has 16 heavy (non-hydrogen) atoms. The van der Waals surface area contributed by atoms with E-state index in [1.165, 1.54) is 10.9 Å². The van der Waals surface area contributed by atoms with Gasteiger partial charge in [0.15, 0.2) is 0 Å². The number of nitrogens with one attached hydrogen (secondary N) is 1. The zero-order chi connectivity index (χ0) is 11.4. The molecule has 1 aromatic heterocycles. The van der Waals surface area contributed by atoms with Gasteiger partial charge in [-0.3, -0.25) is 0 Å². The summed E-state index contributed by atoms with van der Waals surface area (Å²) in [5.74, 6) is 0.239. The van der Waals surface area contributed by atoms with Crippen molar-refractivity contribution in [3.63, 3.8) is 0 Å². The Labute approximate surface area is 95.0 Å². The van der Waals surface area contributed by atoms with E-state index in [1.807, 2.05) is 18.3 Å². The molecular weight excluding hydrogens is 198 g/mol. The van der Waals surface area contributed by atoms with Gasteiger partial charge in [0.2, 0.25) is 0 Å². The van der Waals surface area contributed by atoms with Crippen LogP contribution in [0.1, 0.15) is 25.3 Å². The molecule has 1 aromatic carbocycles. The van der Waals surface area contributed by atoms with Crippen molar-refractivity contribution in [3.8, 4) is 0 Å². The van der Waals surface area contributed by atoms with Crippen LogP contribution in [0.2, 0.25) is 0 Å². The Kier molecular flexibility index (Phi) is 3.20. The summed E-state index contributed by atoms with van der Waals surface area (Å²) in [5, 5.41) is 1.22. The number of carbonyl (C=O) groups excluding carboxylic acids is 1. The first kappa shape index (κ1) is 10.7. The van der Waals surface area contributed by atoms with E-state index < -0.39 is 0 Å². The topological polar surface area (TPSA) is 32.9 Å². The SMILES string of the molecule is CC(=O)CC/C=C/c1c[nH]c2ccccc12. The van der Waals surface area contributed by atoms with E-state index in [9.17, 15) is 4.79 Å². The van der Waals surface area contributed by atoms with E-state index in [1.54, 1.807) is 6.92 Å². The Morgan fingerprint density at radius 3 is 3.00 bits per heavy atom. The van der Waals surface area contributed by atoms with Crippen LogP contribution < -0.4 is 0 Å². The number of allylic oxidation sites excluding steroid dienone is 1. The van der Waals surface area contributed by atoms with E-state index >= 15 is 0 Å². The number of para-hydroxylation sites is 1. The maximum absolute atomic E-state index is 10.8. The number of ketones is 1. The second-order valence-corrected chi connectivity index (χ2v) is 3.93. The molecule has 0 aliphatic carbocycles. The zero-order valence-electron chi connectivity index (χ0n) is 9.36. The predicted molar refractivity (Wildman–Crippen MR) is 67.2 cm³/mol. The zero-order valence-corrected chi connectivity index (χ0v) is 9.36. The molecule has 82 valence electrons. The fourth-order valence-corrected chi connectivity index (χ4v) is 1.73. The maximum atomic E-state index is 10.8. The van der Waals surface area contributed by atoms with Gasteiger partial charge < -0.3 is 9.78 Å². The minimum Gasteiger partial charge on any atom is -0.361 e. The fourth-order valence-electron chi connectivity index (χ4n) is 1.73. The van der Waals surface area contributed by atoms with Gasteiger partial charge in [0.25, 0.3) is 0 Å². The van der Waals surface area contributed by atoms with Crippen molar-refractivity contribution in [2.24, 2.45) is 0 Å². The van der Waals surface area contributed by atoms with Crippen molar-refractivity contribution in [2.75, 3.05) is 0 Å². The van der Waals surface area contributed by atoms with Gasteiger partial charge in [-0.05, 0) is 25.0 Å². The van der Waals surface area contributed by atoms with Crippen LogP contribution in [0, 0.1) is 0 Å². The number of fused-ring (bicyclic) bond motifs is 1. The highest BCUT2D eigenvalue weighted by Crippen LogP contribution is 2.18. The molecule has 1 N–H and O–H groups in total. The molecular formula is C14H15NO. The Morgan fingerprint density at radius 1 is 1.38 bits per heavy atom. The van der Waals surface area contributed by atoms with Gasteiger partial charge in [-0.1, -0.05) is 30.4 Å². The summed E-state index contributed by atoms with van der Waals surface area (Å²) in [6.45, 7) is 1.62. The molecule has 0 unspecified atom stereocenters. The number of carbonyl (C=O) groups is 1. The van der Waals surface area contributed by atoms with Crippen LogP contribution in [-0.2, 0) is 4.79 Å². The van der Waals surface area contributed by atoms with Gasteiger partial charge >= 0.3 is 0 Å². The van der Waals surface area contributed by atoms with Crippen LogP contribution in [0.4, 0.5) is 0 Å². The summed E-state index contributed by atoms with van der Waals surface area (Å²) < 4.78 is 0. The average molecular weight is 213 g/mol. The summed E-state index contributed by atoms with van der Waals surface area (Å²) in [6.07, 6.45) is 7.56.